The van der Waals surface area contributed by atoms with Crippen LogP contribution in [0.3, 0.4) is 0 Å². The van der Waals surface area contributed by atoms with Gasteiger partial charge in [-0.2, -0.15) is 0 Å². The number of amides is 1. The molecule has 0 unspecified atom stereocenters. The van der Waals surface area contributed by atoms with E-state index >= 15 is 0 Å². The molecule has 0 spiro atoms. The van der Waals surface area contributed by atoms with E-state index in [4.69, 9.17) is 10.7 Å². The fraction of sp³-hybridized carbons (Fsp3) is 0.280. The molecule has 0 saturated heterocycles. The second-order valence-corrected chi connectivity index (χ2v) is 9.62. The monoisotopic (exact) mass is 451 g/mol. The lowest BCUT2D eigenvalue weighted by Gasteiger charge is -2.40. The zero-order valence-corrected chi connectivity index (χ0v) is 18.6. The van der Waals surface area contributed by atoms with Gasteiger partial charge in [-0.3, -0.25) is 9.69 Å². The maximum absolute atomic E-state index is 14.4. The van der Waals surface area contributed by atoms with Crippen molar-refractivity contribution in [3.05, 3.63) is 81.5 Å². The Bertz CT molecular complexity index is 1230. The highest BCUT2D eigenvalue weighted by molar-refractivity contribution is 7.10. The van der Waals surface area contributed by atoms with Crippen molar-refractivity contribution in [3.63, 3.8) is 0 Å². The first-order valence-corrected chi connectivity index (χ1v) is 11.4. The third kappa shape index (κ3) is 3.41. The summed E-state index contributed by atoms with van der Waals surface area (Å²) in [6, 6.07) is 13.5. The Morgan fingerprint density at radius 3 is 2.44 bits per heavy atom. The summed E-state index contributed by atoms with van der Waals surface area (Å²) in [5.41, 5.74) is 8.24. The first-order chi connectivity index (χ1) is 15.3. The van der Waals surface area contributed by atoms with Crippen LogP contribution >= 0.6 is 11.3 Å². The van der Waals surface area contributed by atoms with Gasteiger partial charge in [0.2, 0.25) is 5.91 Å². The molecule has 1 saturated carbocycles. The van der Waals surface area contributed by atoms with Crippen LogP contribution in [0.15, 0.2) is 58.9 Å². The highest BCUT2D eigenvalue weighted by Gasteiger charge is 2.48. The van der Waals surface area contributed by atoms with Crippen molar-refractivity contribution in [2.75, 3.05) is 7.05 Å². The number of aliphatic imine (C=N–C) groups is 1. The second-order valence-electron chi connectivity index (χ2n) is 8.71. The van der Waals surface area contributed by atoms with Crippen molar-refractivity contribution < 1.29 is 13.6 Å². The van der Waals surface area contributed by atoms with Gasteiger partial charge in [-0.1, -0.05) is 24.3 Å². The fourth-order valence-corrected chi connectivity index (χ4v) is 5.48. The summed E-state index contributed by atoms with van der Waals surface area (Å²) in [7, 11) is 1.63. The molecule has 0 radical (unpaired) electrons. The van der Waals surface area contributed by atoms with Gasteiger partial charge in [-0.05, 0) is 66.0 Å². The molecule has 2 N–H and O–H groups in total. The van der Waals surface area contributed by atoms with Crippen molar-refractivity contribution in [2.45, 2.75) is 37.1 Å². The van der Waals surface area contributed by atoms with E-state index in [-0.39, 0.29) is 11.9 Å². The Balaban J connectivity index is 1.59. The van der Waals surface area contributed by atoms with Crippen molar-refractivity contribution in [2.24, 2.45) is 10.7 Å². The summed E-state index contributed by atoms with van der Waals surface area (Å²) in [4.78, 5) is 20.3. The lowest BCUT2D eigenvalue weighted by molar-refractivity contribution is -0.130. The van der Waals surface area contributed by atoms with Gasteiger partial charge in [0.05, 0.1) is 5.92 Å². The van der Waals surface area contributed by atoms with E-state index in [1.165, 1.54) is 46.8 Å². The average molecular weight is 452 g/mol. The Hall–Kier alpha value is -3.06. The van der Waals surface area contributed by atoms with Gasteiger partial charge < -0.3 is 5.73 Å². The van der Waals surface area contributed by atoms with Crippen molar-refractivity contribution >= 4 is 23.2 Å². The summed E-state index contributed by atoms with van der Waals surface area (Å²) < 4.78 is 27.7. The van der Waals surface area contributed by atoms with Crippen LogP contribution in [0.2, 0.25) is 0 Å². The fourth-order valence-electron chi connectivity index (χ4n) is 4.43. The molecule has 2 heterocycles. The lowest BCUT2D eigenvalue weighted by atomic mass is 9.77. The third-order valence-electron chi connectivity index (χ3n) is 6.49. The minimum Gasteiger partial charge on any atom is -0.369 e. The number of carbonyl (C=O) groups excluding carboxylic acids is 1. The molecule has 1 aliphatic carbocycles. The van der Waals surface area contributed by atoms with Crippen LogP contribution in [0, 0.1) is 11.6 Å². The van der Waals surface area contributed by atoms with Gasteiger partial charge in [0.1, 0.15) is 17.2 Å². The minimum absolute atomic E-state index is 0.137. The van der Waals surface area contributed by atoms with Gasteiger partial charge in [0.25, 0.3) is 0 Å². The number of hydrogen-bond donors (Lipinski definition) is 1. The van der Waals surface area contributed by atoms with Crippen LogP contribution in [-0.2, 0) is 10.3 Å². The predicted molar refractivity (Wildman–Crippen MR) is 123 cm³/mol. The third-order valence-corrected chi connectivity index (χ3v) is 7.65. The van der Waals surface area contributed by atoms with E-state index < -0.39 is 23.1 Å². The van der Waals surface area contributed by atoms with Gasteiger partial charge in [0.15, 0.2) is 5.96 Å². The largest absolute Gasteiger partial charge is 0.369 e. The lowest BCUT2D eigenvalue weighted by Crippen LogP contribution is -2.52. The van der Waals surface area contributed by atoms with E-state index in [0.717, 1.165) is 16.5 Å². The molecule has 3 aromatic rings. The van der Waals surface area contributed by atoms with Crippen molar-refractivity contribution in [1.82, 2.24) is 4.90 Å². The van der Waals surface area contributed by atoms with Gasteiger partial charge in [-0.25, -0.2) is 13.8 Å². The number of nitrogens with two attached hydrogens (primary N) is 1. The summed E-state index contributed by atoms with van der Waals surface area (Å²) in [6.07, 6.45) is 2.42. The zero-order valence-electron chi connectivity index (χ0n) is 17.8. The molecule has 1 aliphatic heterocycles. The Kier molecular flexibility index (Phi) is 4.89. The SMILES string of the molecule is CN1C(=O)[C@@H](c2ccc(C3CC3)cc2)[C@@](C)(c2cc(-c3ccc(F)cc3F)cs2)N=C1N. The standard InChI is InChI=1S/C25H23F2N3OS/c1-25(21-11-17(13-32-21)19-10-9-18(26)12-20(19)27)22(23(31)30(2)24(28)29-25)16-7-5-15(6-8-16)14-3-4-14/h5-14,22H,3-4H2,1-2H3,(H2,28,29)/t22-,25-/m1/s1. The Morgan fingerprint density at radius 2 is 1.78 bits per heavy atom. The number of guanidine groups is 1. The van der Waals surface area contributed by atoms with E-state index in [1.54, 1.807) is 12.4 Å². The molecule has 32 heavy (non-hydrogen) atoms. The summed E-state index contributed by atoms with van der Waals surface area (Å²) in [6.45, 7) is 1.89. The summed E-state index contributed by atoms with van der Waals surface area (Å²) in [5, 5.41) is 1.80. The van der Waals surface area contributed by atoms with Crippen LogP contribution < -0.4 is 5.73 Å². The quantitative estimate of drug-likeness (QED) is 0.581. The zero-order chi connectivity index (χ0) is 22.6. The first-order valence-electron chi connectivity index (χ1n) is 10.5. The molecule has 4 nitrogen and oxygen atoms in total. The number of carbonyl (C=O) groups is 1. The topological polar surface area (TPSA) is 58.7 Å². The summed E-state index contributed by atoms with van der Waals surface area (Å²) in [5.74, 6) is -1.19. The molecule has 2 aromatic carbocycles. The Labute approximate surface area is 189 Å². The predicted octanol–water partition coefficient (Wildman–Crippen LogP) is 5.36. The Morgan fingerprint density at radius 1 is 1.09 bits per heavy atom. The number of hydrogen-bond acceptors (Lipinski definition) is 4. The molecule has 7 heteroatoms. The van der Waals surface area contributed by atoms with Gasteiger partial charge >= 0.3 is 0 Å². The molecule has 5 rings (SSSR count). The maximum atomic E-state index is 14.4. The van der Waals surface area contributed by atoms with Crippen LogP contribution in [0.1, 0.15) is 47.6 Å². The molecule has 164 valence electrons. The van der Waals surface area contributed by atoms with Crippen LogP contribution in [-0.4, -0.2) is 23.8 Å². The van der Waals surface area contributed by atoms with Crippen LogP contribution in [0.5, 0.6) is 0 Å². The number of thiophene rings is 1. The van der Waals surface area contributed by atoms with E-state index in [1.807, 2.05) is 25.1 Å². The van der Waals surface area contributed by atoms with E-state index in [0.29, 0.717) is 17.0 Å². The van der Waals surface area contributed by atoms with Crippen molar-refractivity contribution in [3.8, 4) is 11.1 Å². The van der Waals surface area contributed by atoms with E-state index in [2.05, 4.69) is 12.1 Å². The highest BCUT2D eigenvalue weighted by Crippen LogP contribution is 2.48. The first kappa shape index (κ1) is 20.8. The van der Waals surface area contributed by atoms with Crippen LogP contribution in [0.4, 0.5) is 8.78 Å². The van der Waals surface area contributed by atoms with Gasteiger partial charge in [-0.15, -0.1) is 11.3 Å². The van der Waals surface area contributed by atoms with Crippen molar-refractivity contribution in [1.29, 1.82) is 0 Å². The molecule has 2 atom stereocenters. The molecule has 1 fully saturated rings. The van der Waals surface area contributed by atoms with Gasteiger partial charge in [0, 0.05) is 23.6 Å². The average Bonchev–Trinajstić information content (AvgIpc) is 3.49. The van der Waals surface area contributed by atoms with E-state index in [9.17, 15) is 13.6 Å². The molecular formula is C25H23F2N3OS. The molecule has 1 amide bonds. The number of halogens is 2. The van der Waals surface area contributed by atoms with Crippen LogP contribution in [0.25, 0.3) is 11.1 Å². The highest BCUT2D eigenvalue weighted by atomic mass is 32.1. The molecule has 1 aromatic heterocycles. The number of likely N-dealkylation sites (N-methyl/N-ethyl adjacent to an activating group) is 1. The molecule has 0 bridgehead atoms. The number of rotatable bonds is 4. The smallest absolute Gasteiger partial charge is 0.239 e. The number of benzene rings is 2. The molecular weight excluding hydrogens is 428 g/mol. The molecule has 2 aliphatic rings. The normalized spacial score (nSPS) is 23.4. The summed E-state index contributed by atoms with van der Waals surface area (Å²) >= 11 is 1.39. The minimum atomic E-state index is -0.950. The maximum Gasteiger partial charge on any atom is 0.239 e. The number of nitrogens with zero attached hydrogens (tertiary/aromatic N) is 2. The second kappa shape index (κ2) is 7.52.